The Morgan fingerprint density at radius 2 is 1.86 bits per heavy atom. The summed E-state index contributed by atoms with van der Waals surface area (Å²) in [6, 6.07) is 8.42. The van der Waals surface area contributed by atoms with Crippen LogP contribution in [-0.4, -0.2) is 16.1 Å². The van der Waals surface area contributed by atoms with Crippen molar-refractivity contribution in [3.8, 4) is 11.5 Å². The Bertz CT molecular complexity index is 689. The van der Waals surface area contributed by atoms with E-state index in [0.717, 1.165) is 6.07 Å². The van der Waals surface area contributed by atoms with E-state index < -0.39 is 5.91 Å². The summed E-state index contributed by atoms with van der Waals surface area (Å²) < 4.78 is 0. The molecule has 1 unspecified atom stereocenters. The Labute approximate surface area is 131 Å². The highest BCUT2D eigenvalue weighted by Gasteiger charge is 2.17. The van der Waals surface area contributed by atoms with Gasteiger partial charge in [-0.05, 0) is 36.8 Å². The largest absolute Gasteiger partial charge is 0.508 e. The van der Waals surface area contributed by atoms with E-state index in [0.29, 0.717) is 15.6 Å². The summed E-state index contributed by atoms with van der Waals surface area (Å²) in [5.74, 6) is -0.870. The third kappa shape index (κ3) is 3.60. The SMILES string of the molecule is CC(NC(=O)c1ccc(O)cc1O)c1ccc(Cl)cc1Cl. The van der Waals surface area contributed by atoms with E-state index in [-0.39, 0.29) is 23.1 Å². The summed E-state index contributed by atoms with van der Waals surface area (Å²) in [5, 5.41) is 22.6. The molecule has 2 aromatic carbocycles. The number of aromatic hydroxyl groups is 2. The monoisotopic (exact) mass is 325 g/mol. The van der Waals surface area contributed by atoms with Crippen LogP contribution in [0.2, 0.25) is 10.0 Å². The molecule has 0 aliphatic carbocycles. The molecule has 0 aromatic heterocycles. The second kappa shape index (κ2) is 6.24. The quantitative estimate of drug-likeness (QED) is 0.801. The highest BCUT2D eigenvalue weighted by atomic mass is 35.5. The minimum Gasteiger partial charge on any atom is -0.508 e. The molecule has 21 heavy (non-hydrogen) atoms. The van der Waals surface area contributed by atoms with Gasteiger partial charge < -0.3 is 15.5 Å². The van der Waals surface area contributed by atoms with Crippen molar-refractivity contribution in [2.45, 2.75) is 13.0 Å². The van der Waals surface area contributed by atoms with E-state index >= 15 is 0 Å². The smallest absolute Gasteiger partial charge is 0.255 e. The zero-order valence-electron chi connectivity index (χ0n) is 11.1. The van der Waals surface area contributed by atoms with Crippen molar-refractivity contribution in [3.63, 3.8) is 0 Å². The number of carbonyl (C=O) groups is 1. The van der Waals surface area contributed by atoms with Gasteiger partial charge in [0.15, 0.2) is 0 Å². The molecule has 0 saturated carbocycles. The molecule has 0 aliphatic rings. The molecule has 3 N–H and O–H groups in total. The molecule has 1 atom stereocenters. The number of rotatable bonds is 3. The fourth-order valence-electron chi connectivity index (χ4n) is 1.92. The van der Waals surface area contributed by atoms with Crippen LogP contribution in [0.5, 0.6) is 11.5 Å². The summed E-state index contributed by atoms with van der Waals surface area (Å²) >= 11 is 11.9. The van der Waals surface area contributed by atoms with Gasteiger partial charge in [0.2, 0.25) is 0 Å². The lowest BCUT2D eigenvalue weighted by Crippen LogP contribution is -2.26. The number of benzene rings is 2. The maximum absolute atomic E-state index is 12.1. The predicted molar refractivity (Wildman–Crippen MR) is 82.1 cm³/mol. The van der Waals surface area contributed by atoms with Crippen LogP contribution in [0.4, 0.5) is 0 Å². The fraction of sp³-hybridized carbons (Fsp3) is 0.133. The molecule has 0 aliphatic heterocycles. The van der Waals surface area contributed by atoms with Gasteiger partial charge >= 0.3 is 0 Å². The van der Waals surface area contributed by atoms with Crippen LogP contribution in [-0.2, 0) is 0 Å². The average molecular weight is 326 g/mol. The normalized spacial score (nSPS) is 12.0. The van der Waals surface area contributed by atoms with Crippen LogP contribution in [0.1, 0.15) is 28.9 Å². The maximum Gasteiger partial charge on any atom is 0.255 e. The first-order valence-electron chi connectivity index (χ1n) is 6.16. The number of hydrogen-bond acceptors (Lipinski definition) is 3. The van der Waals surface area contributed by atoms with Crippen LogP contribution in [0, 0.1) is 0 Å². The molecule has 4 nitrogen and oxygen atoms in total. The summed E-state index contributed by atoms with van der Waals surface area (Å²) in [4.78, 5) is 12.1. The third-order valence-corrected chi connectivity index (χ3v) is 3.56. The molecule has 0 radical (unpaired) electrons. The van der Waals surface area contributed by atoms with Crippen LogP contribution in [0.15, 0.2) is 36.4 Å². The van der Waals surface area contributed by atoms with E-state index in [1.54, 1.807) is 25.1 Å². The lowest BCUT2D eigenvalue weighted by atomic mass is 10.1. The van der Waals surface area contributed by atoms with Crippen molar-refractivity contribution in [3.05, 3.63) is 57.6 Å². The Morgan fingerprint density at radius 1 is 1.14 bits per heavy atom. The molecule has 0 saturated heterocycles. The van der Waals surface area contributed by atoms with Gasteiger partial charge in [0.05, 0.1) is 11.6 Å². The molecule has 0 spiro atoms. The van der Waals surface area contributed by atoms with Gasteiger partial charge in [0.25, 0.3) is 5.91 Å². The van der Waals surface area contributed by atoms with E-state index in [2.05, 4.69) is 5.32 Å². The Balaban J connectivity index is 2.18. The number of hydrogen-bond donors (Lipinski definition) is 3. The number of amides is 1. The summed E-state index contributed by atoms with van der Waals surface area (Å²) in [5.41, 5.74) is 0.789. The van der Waals surface area contributed by atoms with Crippen LogP contribution in [0.25, 0.3) is 0 Å². The molecule has 110 valence electrons. The minimum atomic E-state index is -0.467. The zero-order valence-corrected chi connectivity index (χ0v) is 12.6. The predicted octanol–water partition coefficient (Wildman–Crippen LogP) is 3.90. The van der Waals surface area contributed by atoms with Gasteiger partial charge in [-0.2, -0.15) is 0 Å². The minimum absolute atomic E-state index is 0.0738. The Morgan fingerprint density at radius 3 is 2.48 bits per heavy atom. The number of carbonyl (C=O) groups excluding carboxylic acids is 1. The standard InChI is InChI=1S/C15H13Cl2NO3/c1-8(11-4-2-9(16)6-13(11)17)18-15(21)12-5-3-10(19)7-14(12)20/h2-8,19-20H,1H3,(H,18,21). The zero-order chi connectivity index (χ0) is 15.6. The van der Waals surface area contributed by atoms with Crippen molar-refractivity contribution in [1.82, 2.24) is 5.32 Å². The average Bonchev–Trinajstić information content (AvgIpc) is 2.37. The van der Waals surface area contributed by atoms with Crippen molar-refractivity contribution < 1.29 is 15.0 Å². The molecule has 1 amide bonds. The molecular weight excluding hydrogens is 313 g/mol. The van der Waals surface area contributed by atoms with E-state index in [1.165, 1.54) is 12.1 Å². The lowest BCUT2D eigenvalue weighted by molar-refractivity contribution is 0.0937. The first-order chi connectivity index (χ1) is 9.88. The Hall–Kier alpha value is -1.91. The van der Waals surface area contributed by atoms with Crippen molar-refractivity contribution >= 4 is 29.1 Å². The van der Waals surface area contributed by atoms with Crippen molar-refractivity contribution in [2.24, 2.45) is 0 Å². The van der Waals surface area contributed by atoms with Gasteiger partial charge in [0.1, 0.15) is 11.5 Å². The molecule has 6 heteroatoms. The molecule has 2 aromatic rings. The van der Waals surface area contributed by atoms with E-state index in [4.69, 9.17) is 23.2 Å². The highest BCUT2D eigenvalue weighted by molar-refractivity contribution is 6.35. The number of halogens is 2. The van der Waals surface area contributed by atoms with Gasteiger partial charge in [-0.3, -0.25) is 4.79 Å². The third-order valence-electron chi connectivity index (χ3n) is 3.00. The molecule has 0 bridgehead atoms. The molecular formula is C15H13Cl2NO3. The van der Waals surface area contributed by atoms with Crippen LogP contribution in [0.3, 0.4) is 0 Å². The molecule has 0 fully saturated rings. The van der Waals surface area contributed by atoms with E-state index in [9.17, 15) is 15.0 Å². The van der Waals surface area contributed by atoms with Gasteiger partial charge in [-0.15, -0.1) is 0 Å². The van der Waals surface area contributed by atoms with Crippen LogP contribution < -0.4 is 5.32 Å². The van der Waals surface area contributed by atoms with Crippen molar-refractivity contribution in [1.29, 1.82) is 0 Å². The maximum atomic E-state index is 12.1. The fourth-order valence-corrected chi connectivity index (χ4v) is 2.49. The topological polar surface area (TPSA) is 69.6 Å². The second-order valence-corrected chi connectivity index (χ2v) is 5.41. The van der Waals surface area contributed by atoms with Gasteiger partial charge in [-0.25, -0.2) is 0 Å². The van der Waals surface area contributed by atoms with Gasteiger partial charge in [-0.1, -0.05) is 29.3 Å². The molecule has 0 heterocycles. The lowest BCUT2D eigenvalue weighted by Gasteiger charge is -2.16. The first kappa shape index (κ1) is 15.5. The van der Waals surface area contributed by atoms with Crippen molar-refractivity contribution in [2.75, 3.05) is 0 Å². The Kier molecular flexibility index (Phi) is 4.60. The summed E-state index contributed by atoms with van der Waals surface area (Å²) in [6.45, 7) is 1.77. The van der Waals surface area contributed by atoms with Gasteiger partial charge in [0, 0.05) is 16.1 Å². The highest BCUT2D eigenvalue weighted by Crippen LogP contribution is 2.27. The van der Waals surface area contributed by atoms with Crippen LogP contribution >= 0.6 is 23.2 Å². The number of phenolic OH excluding ortho intramolecular Hbond substituents is 2. The number of phenols is 2. The first-order valence-corrected chi connectivity index (χ1v) is 6.92. The van der Waals surface area contributed by atoms with E-state index in [1.807, 2.05) is 0 Å². The summed E-state index contributed by atoms with van der Waals surface area (Å²) in [7, 11) is 0. The second-order valence-electron chi connectivity index (χ2n) is 4.56. The number of nitrogens with one attached hydrogen (secondary N) is 1. The summed E-state index contributed by atoms with van der Waals surface area (Å²) in [6.07, 6.45) is 0. The molecule has 2 rings (SSSR count).